The lowest BCUT2D eigenvalue weighted by Crippen LogP contribution is -2.42. The van der Waals surface area contributed by atoms with Crippen LogP contribution in [-0.4, -0.2) is 47.9 Å². The summed E-state index contributed by atoms with van der Waals surface area (Å²) in [6, 6.07) is 2.64. The van der Waals surface area contributed by atoms with Gasteiger partial charge in [-0.05, 0) is 26.1 Å². The molecule has 4 nitrogen and oxygen atoms in total. The molecule has 0 bridgehead atoms. The SMILES string of the molecule is CC(C)C(CN(C)C)NCCc1ccnn1C. The Balaban J connectivity index is 2.34. The summed E-state index contributed by atoms with van der Waals surface area (Å²) in [5.74, 6) is 0.656. The minimum absolute atomic E-state index is 0.554. The highest BCUT2D eigenvalue weighted by atomic mass is 15.3. The summed E-state index contributed by atoms with van der Waals surface area (Å²) >= 11 is 0. The zero-order valence-electron chi connectivity index (χ0n) is 11.8. The summed E-state index contributed by atoms with van der Waals surface area (Å²) in [5, 5.41) is 7.81. The molecule has 98 valence electrons. The number of hydrogen-bond acceptors (Lipinski definition) is 3. The van der Waals surface area contributed by atoms with Crippen molar-refractivity contribution in [2.45, 2.75) is 26.3 Å². The molecule has 1 atom stereocenters. The number of aryl methyl sites for hydroxylation is 1. The Morgan fingerprint density at radius 1 is 1.41 bits per heavy atom. The van der Waals surface area contributed by atoms with Gasteiger partial charge < -0.3 is 10.2 Å². The smallest absolute Gasteiger partial charge is 0.0492 e. The molecule has 0 aliphatic carbocycles. The Morgan fingerprint density at radius 2 is 2.12 bits per heavy atom. The van der Waals surface area contributed by atoms with Gasteiger partial charge in [0.2, 0.25) is 0 Å². The van der Waals surface area contributed by atoms with E-state index in [1.165, 1.54) is 5.69 Å². The number of aromatic nitrogens is 2. The predicted octanol–water partition coefficient (Wildman–Crippen LogP) is 1.14. The van der Waals surface area contributed by atoms with Crippen molar-refractivity contribution in [3.63, 3.8) is 0 Å². The van der Waals surface area contributed by atoms with Gasteiger partial charge in [0.05, 0.1) is 0 Å². The fourth-order valence-corrected chi connectivity index (χ4v) is 1.94. The van der Waals surface area contributed by atoms with Crippen LogP contribution in [0.5, 0.6) is 0 Å². The molecule has 0 spiro atoms. The quantitative estimate of drug-likeness (QED) is 0.773. The van der Waals surface area contributed by atoms with E-state index in [0.717, 1.165) is 19.5 Å². The van der Waals surface area contributed by atoms with Gasteiger partial charge in [-0.25, -0.2) is 0 Å². The highest BCUT2D eigenvalue weighted by molar-refractivity contribution is 5.00. The topological polar surface area (TPSA) is 33.1 Å². The van der Waals surface area contributed by atoms with Crippen molar-refractivity contribution in [1.82, 2.24) is 20.0 Å². The van der Waals surface area contributed by atoms with E-state index in [-0.39, 0.29) is 0 Å². The highest BCUT2D eigenvalue weighted by Gasteiger charge is 2.13. The second-order valence-electron chi connectivity index (χ2n) is 5.26. The van der Waals surface area contributed by atoms with Crippen LogP contribution in [0.3, 0.4) is 0 Å². The first-order valence-corrected chi connectivity index (χ1v) is 6.35. The first-order chi connectivity index (χ1) is 8.00. The van der Waals surface area contributed by atoms with Crippen molar-refractivity contribution in [3.8, 4) is 0 Å². The van der Waals surface area contributed by atoms with Gasteiger partial charge >= 0.3 is 0 Å². The van der Waals surface area contributed by atoms with Crippen molar-refractivity contribution < 1.29 is 0 Å². The number of rotatable bonds is 7. The number of nitrogens with one attached hydrogen (secondary N) is 1. The molecule has 1 N–H and O–H groups in total. The average Bonchev–Trinajstić information content (AvgIpc) is 2.62. The standard InChI is InChI=1S/C13H26N4/c1-11(2)13(10-16(3)4)14-8-6-12-7-9-15-17(12)5/h7,9,11,13-14H,6,8,10H2,1-5H3. The van der Waals surface area contributed by atoms with Gasteiger partial charge in [-0.1, -0.05) is 13.8 Å². The average molecular weight is 238 g/mol. The summed E-state index contributed by atoms with van der Waals surface area (Å²) in [4.78, 5) is 2.24. The van der Waals surface area contributed by atoms with Gasteiger partial charge in [0, 0.05) is 44.5 Å². The first kappa shape index (κ1) is 14.2. The second kappa shape index (κ2) is 6.77. The molecule has 0 aliphatic rings. The van der Waals surface area contributed by atoms with E-state index in [2.05, 4.69) is 49.3 Å². The van der Waals surface area contributed by atoms with Gasteiger partial charge in [-0.2, -0.15) is 5.10 Å². The Kier molecular flexibility index (Phi) is 5.65. The van der Waals surface area contributed by atoms with Crippen LogP contribution < -0.4 is 5.32 Å². The van der Waals surface area contributed by atoms with E-state index < -0.39 is 0 Å². The normalized spacial score (nSPS) is 13.6. The number of nitrogens with zero attached hydrogens (tertiary/aromatic N) is 3. The van der Waals surface area contributed by atoms with Crippen LogP contribution in [0, 0.1) is 5.92 Å². The van der Waals surface area contributed by atoms with Gasteiger partial charge in [0.25, 0.3) is 0 Å². The van der Waals surface area contributed by atoms with E-state index in [1.54, 1.807) is 0 Å². The molecule has 0 radical (unpaired) electrons. The molecule has 0 saturated heterocycles. The lowest BCUT2D eigenvalue weighted by atomic mass is 10.0. The molecule has 17 heavy (non-hydrogen) atoms. The minimum atomic E-state index is 0.554. The predicted molar refractivity (Wildman–Crippen MR) is 72.1 cm³/mol. The largest absolute Gasteiger partial charge is 0.312 e. The molecule has 0 amide bonds. The van der Waals surface area contributed by atoms with Crippen LogP contribution in [0.4, 0.5) is 0 Å². The molecule has 0 saturated carbocycles. The third kappa shape index (κ3) is 4.88. The van der Waals surface area contributed by atoms with E-state index in [1.807, 2.05) is 17.9 Å². The van der Waals surface area contributed by atoms with E-state index in [9.17, 15) is 0 Å². The van der Waals surface area contributed by atoms with Crippen molar-refractivity contribution in [2.24, 2.45) is 13.0 Å². The summed E-state index contributed by atoms with van der Waals surface area (Å²) in [5.41, 5.74) is 1.28. The van der Waals surface area contributed by atoms with Crippen LogP contribution in [-0.2, 0) is 13.5 Å². The fourth-order valence-electron chi connectivity index (χ4n) is 1.94. The Bertz CT molecular complexity index is 317. The Hall–Kier alpha value is -0.870. The first-order valence-electron chi connectivity index (χ1n) is 6.35. The summed E-state index contributed by atoms with van der Waals surface area (Å²) in [6.45, 7) is 6.63. The number of hydrogen-bond donors (Lipinski definition) is 1. The van der Waals surface area contributed by atoms with Crippen molar-refractivity contribution in [3.05, 3.63) is 18.0 Å². The molecule has 0 aromatic carbocycles. The van der Waals surface area contributed by atoms with Crippen molar-refractivity contribution >= 4 is 0 Å². The second-order valence-corrected chi connectivity index (χ2v) is 5.26. The Morgan fingerprint density at radius 3 is 2.59 bits per heavy atom. The molecular weight excluding hydrogens is 212 g/mol. The van der Waals surface area contributed by atoms with E-state index >= 15 is 0 Å². The van der Waals surface area contributed by atoms with Crippen LogP contribution >= 0.6 is 0 Å². The third-order valence-electron chi connectivity index (χ3n) is 3.08. The lowest BCUT2D eigenvalue weighted by Gasteiger charge is -2.25. The minimum Gasteiger partial charge on any atom is -0.312 e. The van der Waals surface area contributed by atoms with Gasteiger partial charge in [-0.3, -0.25) is 4.68 Å². The molecule has 1 heterocycles. The molecule has 0 fully saturated rings. The van der Waals surface area contributed by atoms with Crippen LogP contribution in [0.15, 0.2) is 12.3 Å². The van der Waals surface area contributed by atoms with Gasteiger partial charge in [0.15, 0.2) is 0 Å². The summed E-state index contributed by atoms with van der Waals surface area (Å²) < 4.78 is 1.94. The zero-order valence-corrected chi connectivity index (χ0v) is 11.8. The molecular formula is C13H26N4. The maximum atomic E-state index is 4.18. The monoisotopic (exact) mass is 238 g/mol. The summed E-state index contributed by atoms with van der Waals surface area (Å²) in [7, 11) is 6.24. The van der Waals surface area contributed by atoms with Crippen LogP contribution in [0.2, 0.25) is 0 Å². The number of likely N-dealkylation sites (N-methyl/N-ethyl adjacent to an activating group) is 1. The fraction of sp³-hybridized carbons (Fsp3) is 0.769. The molecule has 1 aromatic rings. The van der Waals surface area contributed by atoms with Gasteiger partial charge in [0.1, 0.15) is 0 Å². The molecule has 0 aliphatic heterocycles. The van der Waals surface area contributed by atoms with Crippen LogP contribution in [0.25, 0.3) is 0 Å². The van der Waals surface area contributed by atoms with Crippen LogP contribution in [0.1, 0.15) is 19.5 Å². The highest BCUT2D eigenvalue weighted by Crippen LogP contribution is 2.03. The lowest BCUT2D eigenvalue weighted by molar-refractivity contribution is 0.290. The Labute approximate surface area is 105 Å². The van der Waals surface area contributed by atoms with Gasteiger partial charge in [-0.15, -0.1) is 0 Å². The zero-order chi connectivity index (χ0) is 12.8. The molecule has 1 aromatic heterocycles. The molecule has 1 unspecified atom stereocenters. The van der Waals surface area contributed by atoms with Crippen molar-refractivity contribution in [1.29, 1.82) is 0 Å². The molecule has 4 heteroatoms. The van der Waals surface area contributed by atoms with Crippen molar-refractivity contribution in [2.75, 3.05) is 27.2 Å². The maximum Gasteiger partial charge on any atom is 0.0492 e. The summed E-state index contributed by atoms with van der Waals surface area (Å²) in [6.07, 6.45) is 2.89. The molecule has 1 rings (SSSR count). The third-order valence-corrected chi connectivity index (χ3v) is 3.08. The maximum absolute atomic E-state index is 4.18. The van der Waals surface area contributed by atoms with E-state index in [4.69, 9.17) is 0 Å². The van der Waals surface area contributed by atoms with E-state index in [0.29, 0.717) is 12.0 Å².